The Hall–Kier alpha value is -2.57. The Kier molecular flexibility index (Phi) is 8.61. The zero-order valence-electron chi connectivity index (χ0n) is 16.2. The molecule has 0 spiro atoms. The SMILES string of the molecule is CCNC(=O)CN(CC)C(=O)COC(=O)COc1c(C)cc(C)cc1C. The molecule has 1 aromatic rings. The Morgan fingerprint density at radius 1 is 1.04 bits per heavy atom. The minimum Gasteiger partial charge on any atom is -0.481 e. The van der Waals surface area contributed by atoms with Crippen molar-refractivity contribution in [3.63, 3.8) is 0 Å². The van der Waals surface area contributed by atoms with E-state index in [0.717, 1.165) is 16.7 Å². The highest BCUT2D eigenvalue weighted by molar-refractivity contribution is 5.86. The van der Waals surface area contributed by atoms with Crippen LogP contribution in [0.2, 0.25) is 0 Å². The maximum Gasteiger partial charge on any atom is 0.344 e. The Labute approximate surface area is 154 Å². The summed E-state index contributed by atoms with van der Waals surface area (Å²) in [5.74, 6) is -0.658. The molecule has 0 bridgehead atoms. The van der Waals surface area contributed by atoms with Crippen LogP contribution in [0.1, 0.15) is 30.5 Å². The van der Waals surface area contributed by atoms with Crippen LogP contribution in [-0.2, 0) is 19.1 Å². The third-order valence-electron chi connectivity index (χ3n) is 3.74. The normalized spacial score (nSPS) is 10.2. The van der Waals surface area contributed by atoms with Gasteiger partial charge in [-0.1, -0.05) is 17.7 Å². The second-order valence-corrected chi connectivity index (χ2v) is 6.04. The van der Waals surface area contributed by atoms with Gasteiger partial charge in [-0.15, -0.1) is 0 Å². The van der Waals surface area contributed by atoms with E-state index < -0.39 is 18.5 Å². The number of esters is 1. The Morgan fingerprint density at radius 3 is 2.19 bits per heavy atom. The number of nitrogens with one attached hydrogen (secondary N) is 1. The molecular weight excluding hydrogens is 336 g/mol. The highest BCUT2D eigenvalue weighted by Gasteiger charge is 2.17. The number of aryl methyl sites for hydroxylation is 3. The summed E-state index contributed by atoms with van der Waals surface area (Å²) in [7, 11) is 0. The lowest BCUT2D eigenvalue weighted by Gasteiger charge is -2.20. The molecule has 144 valence electrons. The lowest BCUT2D eigenvalue weighted by molar-refractivity contribution is -0.154. The van der Waals surface area contributed by atoms with Gasteiger partial charge in [0.1, 0.15) is 5.75 Å². The number of hydrogen-bond acceptors (Lipinski definition) is 5. The van der Waals surface area contributed by atoms with Gasteiger partial charge in [-0.25, -0.2) is 4.79 Å². The molecule has 1 rings (SSSR count). The van der Waals surface area contributed by atoms with Gasteiger partial charge < -0.3 is 19.7 Å². The minimum atomic E-state index is -0.633. The van der Waals surface area contributed by atoms with Gasteiger partial charge in [-0.05, 0) is 45.7 Å². The summed E-state index contributed by atoms with van der Waals surface area (Å²) in [6.07, 6.45) is 0. The van der Waals surface area contributed by atoms with Gasteiger partial charge in [-0.3, -0.25) is 9.59 Å². The third kappa shape index (κ3) is 6.74. The maximum absolute atomic E-state index is 12.1. The van der Waals surface area contributed by atoms with Gasteiger partial charge in [0, 0.05) is 13.1 Å². The average Bonchev–Trinajstić information content (AvgIpc) is 2.56. The first-order valence-electron chi connectivity index (χ1n) is 8.69. The zero-order chi connectivity index (χ0) is 19.7. The quantitative estimate of drug-likeness (QED) is 0.672. The minimum absolute atomic E-state index is 0.0566. The average molecular weight is 364 g/mol. The molecule has 0 aliphatic carbocycles. The lowest BCUT2D eigenvalue weighted by Crippen LogP contribution is -2.42. The van der Waals surface area contributed by atoms with E-state index in [1.165, 1.54) is 4.90 Å². The first-order chi connectivity index (χ1) is 12.3. The Morgan fingerprint density at radius 2 is 1.65 bits per heavy atom. The fraction of sp³-hybridized carbons (Fsp3) is 0.526. The van der Waals surface area contributed by atoms with Gasteiger partial charge in [-0.2, -0.15) is 0 Å². The first-order valence-corrected chi connectivity index (χ1v) is 8.69. The summed E-state index contributed by atoms with van der Waals surface area (Å²) in [5, 5.41) is 2.62. The Bertz CT molecular complexity index is 634. The number of rotatable bonds is 9. The molecular formula is C19H28N2O5. The van der Waals surface area contributed by atoms with Crippen molar-refractivity contribution in [2.24, 2.45) is 0 Å². The van der Waals surface area contributed by atoms with E-state index in [9.17, 15) is 14.4 Å². The number of carbonyl (C=O) groups is 3. The molecule has 7 nitrogen and oxygen atoms in total. The van der Waals surface area contributed by atoms with Gasteiger partial charge in [0.15, 0.2) is 13.2 Å². The largest absolute Gasteiger partial charge is 0.481 e. The fourth-order valence-electron chi connectivity index (χ4n) is 2.60. The van der Waals surface area contributed by atoms with E-state index in [1.54, 1.807) is 13.8 Å². The fourth-order valence-corrected chi connectivity index (χ4v) is 2.60. The van der Waals surface area contributed by atoms with Crippen LogP contribution in [0.5, 0.6) is 5.75 Å². The number of hydrogen-bond donors (Lipinski definition) is 1. The molecule has 0 aromatic heterocycles. The molecule has 0 radical (unpaired) electrons. The summed E-state index contributed by atoms with van der Waals surface area (Å²) in [5.41, 5.74) is 2.99. The molecule has 0 aliphatic rings. The van der Waals surface area contributed by atoms with Crippen molar-refractivity contribution in [2.75, 3.05) is 32.8 Å². The monoisotopic (exact) mass is 364 g/mol. The number of benzene rings is 1. The van der Waals surface area contributed by atoms with Gasteiger partial charge in [0.05, 0.1) is 6.54 Å². The molecule has 0 fully saturated rings. The van der Waals surface area contributed by atoms with Crippen LogP contribution in [-0.4, -0.2) is 55.5 Å². The molecule has 7 heteroatoms. The molecule has 0 atom stereocenters. The third-order valence-corrected chi connectivity index (χ3v) is 3.74. The molecule has 26 heavy (non-hydrogen) atoms. The standard InChI is InChI=1S/C19H28N2O5/c1-6-20-16(22)10-21(7-2)17(23)11-25-18(24)12-26-19-14(4)8-13(3)9-15(19)5/h8-9H,6-7,10-12H2,1-5H3,(H,20,22). The summed E-state index contributed by atoms with van der Waals surface area (Å²) < 4.78 is 10.5. The first kappa shape index (κ1) is 21.5. The van der Waals surface area contributed by atoms with Crippen molar-refractivity contribution in [3.8, 4) is 5.75 Å². The van der Waals surface area contributed by atoms with Crippen molar-refractivity contribution in [3.05, 3.63) is 28.8 Å². The van der Waals surface area contributed by atoms with E-state index >= 15 is 0 Å². The highest BCUT2D eigenvalue weighted by Crippen LogP contribution is 2.24. The molecule has 0 saturated heterocycles. The predicted octanol–water partition coefficient (Wildman–Crippen LogP) is 1.52. The second kappa shape index (κ2) is 10.4. The second-order valence-electron chi connectivity index (χ2n) is 6.04. The molecule has 0 heterocycles. The van der Waals surface area contributed by atoms with Crippen LogP contribution < -0.4 is 10.1 Å². The molecule has 0 saturated carbocycles. The summed E-state index contributed by atoms with van der Waals surface area (Å²) in [6.45, 7) is 9.46. The Balaban J connectivity index is 2.48. The predicted molar refractivity (Wildman–Crippen MR) is 98.0 cm³/mol. The van der Waals surface area contributed by atoms with Crippen molar-refractivity contribution in [1.29, 1.82) is 0 Å². The summed E-state index contributed by atoms with van der Waals surface area (Å²) >= 11 is 0. The van der Waals surface area contributed by atoms with Crippen LogP contribution >= 0.6 is 0 Å². The molecule has 0 unspecified atom stereocenters. The number of amides is 2. The van der Waals surface area contributed by atoms with Gasteiger partial charge in [0.25, 0.3) is 5.91 Å². The molecule has 1 aromatic carbocycles. The molecule has 2 amide bonds. The molecule has 0 aliphatic heterocycles. The number of carbonyl (C=O) groups excluding carboxylic acids is 3. The summed E-state index contributed by atoms with van der Waals surface area (Å²) in [6, 6.07) is 3.94. The zero-order valence-corrected chi connectivity index (χ0v) is 16.2. The van der Waals surface area contributed by atoms with Crippen LogP contribution in [0.25, 0.3) is 0 Å². The van der Waals surface area contributed by atoms with Crippen LogP contribution in [0, 0.1) is 20.8 Å². The van der Waals surface area contributed by atoms with Crippen LogP contribution in [0.3, 0.4) is 0 Å². The van der Waals surface area contributed by atoms with E-state index in [1.807, 2.05) is 32.9 Å². The number of nitrogens with zero attached hydrogens (tertiary/aromatic N) is 1. The van der Waals surface area contributed by atoms with E-state index in [2.05, 4.69) is 5.32 Å². The van der Waals surface area contributed by atoms with E-state index in [0.29, 0.717) is 18.8 Å². The van der Waals surface area contributed by atoms with Crippen molar-refractivity contribution >= 4 is 17.8 Å². The van der Waals surface area contributed by atoms with Crippen LogP contribution in [0.4, 0.5) is 0 Å². The number of ether oxygens (including phenoxy) is 2. The van der Waals surface area contributed by atoms with Crippen molar-refractivity contribution in [2.45, 2.75) is 34.6 Å². The van der Waals surface area contributed by atoms with Crippen molar-refractivity contribution < 1.29 is 23.9 Å². The van der Waals surface area contributed by atoms with E-state index in [-0.39, 0.29) is 19.1 Å². The van der Waals surface area contributed by atoms with E-state index in [4.69, 9.17) is 9.47 Å². The number of likely N-dealkylation sites (N-methyl/N-ethyl adjacent to an activating group) is 2. The summed E-state index contributed by atoms with van der Waals surface area (Å²) in [4.78, 5) is 36.8. The molecule has 1 N–H and O–H groups in total. The van der Waals surface area contributed by atoms with Gasteiger partial charge >= 0.3 is 5.97 Å². The highest BCUT2D eigenvalue weighted by atomic mass is 16.6. The smallest absolute Gasteiger partial charge is 0.344 e. The topological polar surface area (TPSA) is 84.9 Å². The lowest BCUT2D eigenvalue weighted by atomic mass is 10.1. The van der Waals surface area contributed by atoms with Crippen molar-refractivity contribution in [1.82, 2.24) is 10.2 Å². The van der Waals surface area contributed by atoms with Crippen LogP contribution in [0.15, 0.2) is 12.1 Å². The maximum atomic E-state index is 12.1. The van der Waals surface area contributed by atoms with Gasteiger partial charge in [0.2, 0.25) is 5.91 Å².